The van der Waals surface area contributed by atoms with Gasteiger partial charge in [0, 0.05) is 57.2 Å². The number of rotatable bonds is 11. The highest BCUT2D eigenvalue weighted by atomic mass is 16.3. The third-order valence-electron chi connectivity index (χ3n) is 11.5. The number of benzene rings is 6. The molecule has 0 saturated heterocycles. The average molecular weight is 877 g/mol. The van der Waals surface area contributed by atoms with E-state index in [4.69, 9.17) is 0 Å². The van der Waals surface area contributed by atoms with Crippen LogP contribution in [0.15, 0.2) is 166 Å². The molecule has 8 rings (SSSR count). The zero-order chi connectivity index (χ0) is 46.8. The Balaban J connectivity index is 1.21. The fraction of sp³-hybridized carbons (Fsp3) is 0.148. The Hall–Kier alpha value is -8.38. The summed E-state index contributed by atoms with van der Waals surface area (Å²) in [4.78, 5) is 28.2. The highest BCUT2D eigenvalue weighted by Crippen LogP contribution is 2.53. The third kappa shape index (κ3) is 8.51. The predicted octanol–water partition coefficient (Wildman–Crippen LogP) is 14.1. The fourth-order valence-corrected chi connectivity index (χ4v) is 8.41. The van der Waals surface area contributed by atoms with Crippen LogP contribution >= 0.6 is 0 Å². The lowest BCUT2D eigenvalue weighted by atomic mass is 9.75. The minimum Gasteiger partial charge on any atom is -0.507 e. The molecule has 0 unspecified atom stereocenters. The van der Waals surface area contributed by atoms with E-state index in [1.807, 2.05) is 88.4 Å². The number of allylic oxidation sites excluding steroid dienone is 4. The summed E-state index contributed by atoms with van der Waals surface area (Å²) in [6.45, 7) is 11.0. The molecule has 0 bridgehead atoms. The van der Waals surface area contributed by atoms with Crippen molar-refractivity contribution in [2.45, 2.75) is 41.5 Å². The minimum atomic E-state index is -0.695. The Kier molecular flexibility index (Phi) is 12.3. The summed E-state index contributed by atoms with van der Waals surface area (Å²) >= 11 is 0. The number of nitrogens with one attached hydrogen (secondary N) is 2. The van der Waals surface area contributed by atoms with Gasteiger partial charge in [0.2, 0.25) is 11.6 Å². The van der Waals surface area contributed by atoms with Gasteiger partial charge in [-0.1, -0.05) is 76.2 Å². The Labute approximate surface area is 382 Å². The van der Waals surface area contributed by atoms with Crippen molar-refractivity contribution >= 4 is 68.0 Å². The van der Waals surface area contributed by atoms with E-state index >= 15 is 0 Å². The molecule has 0 atom stereocenters. The second-order valence-electron chi connectivity index (χ2n) is 16.7. The number of fused-ring (bicyclic) bond motifs is 2. The second kappa shape index (κ2) is 18.4. The van der Waals surface area contributed by atoms with Crippen LogP contribution in [-0.4, -0.2) is 32.0 Å². The molecule has 0 aliphatic heterocycles. The molecular formula is C54H48N6O6. The van der Waals surface area contributed by atoms with Crippen molar-refractivity contribution in [3.8, 4) is 22.6 Å². The monoisotopic (exact) mass is 876 g/mol. The number of hydrogen-bond acceptors (Lipinski definition) is 12. The molecule has 66 heavy (non-hydrogen) atoms. The maximum absolute atomic E-state index is 14.1. The minimum absolute atomic E-state index is 0.00365. The normalized spacial score (nSPS) is 15.2. The van der Waals surface area contributed by atoms with Gasteiger partial charge in [-0.05, 0) is 121 Å². The first kappa shape index (κ1) is 44.2. The molecule has 2 aliphatic rings. The molecule has 0 amide bonds. The molecule has 6 N–H and O–H groups in total. The Morgan fingerprint density at radius 3 is 1.09 bits per heavy atom. The summed E-state index contributed by atoms with van der Waals surface area (Å²) in [7, 11) is 0. The Morgan fingerprint density at radius 2 is 0.773 bits per heavy atom. The molecule has 6 aromatic rings. The van der Waals surface area contributed by atoms with E-state index in [-0.39, 0.29) is 56.7 Å². The van der Waals surface area contributed by atoms with E-state index in [9.17, 15) is 30.0 Å². The van der Waals surface area contributed by atoms with Crippen LogP contribution in [0.1, 0.15) is 61.1 Å². The summed E-state index contributed by atoms with van der Waals surface area (Å²) in [5.41, 5.74) is 7.35. The molecule has 12 heteroatoms. The number of nitrogens with zero attached hydrogens (tertiary/aromatic N) is 4. The topological polar surface area (TPSA) is 189 Å². The average Bonchev–Trinajstić information content (AvgIpc) is 3.30. The van der Waals surface area contributed by atoms with Gasteiger partial charge in [-0.2, -0.15) is 20.5 Å². The molecule has 2 aliphatic carbocycles. The lowest BCUT2D eigenvalue weighted by Gasteiger charge is -2.29. The summed E-state index contributed by atoms with van der Waals surface area (Å²) in [5.74, 6) is -3.46. The first-order valence-corrected chi connectivity index (χ1v) is 21.5. The number of ketones is 2. The van der Waals surface area contributed by atoms with E-state index < -0.39 is 23.1 Å². The van der Waals surface area contributed by atoms with E-state index in [1.165, 1.54) is 12.4 Å². The van der Waals surface area contributed by atoms with Gasteiger partial charge in [0.1, 0.15) is 11.5 Å². The number of phenolic OH excluding ortho intramolecular Hbond substituents is 2. The van der Waals surface area contributed by atoms with E-state index in [1.54, 1.807) is 74.5 Å². The maximum Gasteiger partial charge on any atom is 0.229 e. The zero-order valence-corrected chi connectivity index (χ0v) is 37.3. The molecular weight excluding hydrogens is 829 g/mol. The van der Waals surface area contributed by atoms with E-state index in [2.05, 4.69) is 31.1 Å². The van der Waals surface area contributed by atoms with Crippen molar-refractivity contribution < 1.29 is 30.0 Å². The second-order valence-corrected chi connectivity index (χ2v) is 16.7. The van der Waals surface area contributed by atoms with Crippen molar-refractivity contribution in [3.63, 3.8) is 0 Å². The van der Waals surface area contributed by atoms with Crippen LogP contribution < -0.4 is 10.6 Å². The van der Waals surface area contributed by atoms with Crippen LogP contribution in [0.3, 0.4) is 0 Å². The lowest BCUT2D eigenvalue weighted by Crippen LogP contribution is -2.20. The van der Waals surface area contributed by atoms with Crippen molar-refractivity contribution in [2.24, 2.45) is 32.3 Å². The smallest absolute Gasteiger partial charge is 0.229 e. The number of aryl methyl sites for hydroxylation is 2. The number of hydrogen-bond donors (Lipinski definition) is 6. The van der Waals surface area contributed by atoms with Crippen molar-refractivity contribution in [3.05, 3.63) is 179 Å². The Bertz CT molecular complexity index is 2880. The number of aromatic hydroxyl groups is 2. The van der Waals surface area contributed by atoms with Gasteiger partial charge in [0.15, 0.2) is 11.5 Å². The largest absolute Gasteiger partial charge is 0.507 e. The third-order valence-corrected chi connectivity index (χ3v) is 11.5. The summed E-state index contributed by atoms with van der Waals surface area (Å²) < 4.78 is 0. The van der Waals surface area contributed by atoms with Crippen molar-refractivity contribution in [1.29, 1.82) is 0 Å². The van der Waals surface area contributed by atoms with Gasteiger partial charge in [0.25, 0.3) is 0 Å². The first-order valence-electron chi connectivity index (χ1n) is 21.5. The van der Waals surface area contributed by atoms with Crippen molar-refractivity contribution in [2.75, 3.05) is 10.6 Å². The number of anilines is 2. The van der Waals surface area contributed by atoms with Crippen LogP contribution in [0.4, 0.5) is 34.1 Å². The van der Waals surface area contributed by atoms with Gasteiger partial charge in [0.05, 0.1) is 33.9 Å². The SMILES string of the molecule is Cc1cc2c(c(O)c1-c1c(C)cc3c(c1O)C(=CNc1ccc(N=Nc4ccccc4)cc1)C(=O)C(O)=C3C(C)C)C(=CNc1ccc(N=Nc3ccccc3)cc1)C(=O)C(O)=C2C(C)C. The van der Waals surface area contributed by atoms with Gasteiger partial charge in [-0.25, -0.2) is 0 Å². The van der Waals surface area contributed by atoms with Crippen LogP contribution in [-0.2, 0) is 9.59 Å². The number of Topliss-reactive ketones (excluding diaryl/α,β-unsaturated/α-hetero) is 2. The number of carbonyl (C=O) groups excluding carboxylic acids is 2. The highest BCUT2D eigenvalue weighted by molar-refractivity contribution is 6.35. The number of azo groups is 2. The lowest BCUT2D eigenvalue weighted by molar-refractivity contribution is -0.113. The van der Waals surface area contributed by atoms with Gasteiger partial charge in [-0.3, -0.25) is 9.59 Å². The van der Waals surface area contributed by atoms with Gasteiger partial charge < -0.3 is 31.1 Å². The molecule has 330 valence electrons. The summed E-state index contributed by atoms with van der Waals surface area (Å²) in [6.07, 6.45) is 2.89. The van der Waals surface area contributed by atoms with Crippen LogP contribution in [0.5, 0.6) is 11.5 Å². The summed E-state index contributed by atoms with van der Waals surface area (Å²) in [6, 6.07) is 36.4. The number of aliphatic hydroxyl groups is 2. The fourth-order valence-electron chi connectivity index (χ4n) is 8.41. The quantitative estimate of drug-likeness (QED) is 0.0547. The number of aliphatic hydroxyl groups excluding tert-OH is 2. The van der Waals surface area contributed by atoms with Crippen LogP contribution in [0.25, 0.3) is 33.4 Å². The summed E-state index contributed by atoms with van der Waals surface area (Å²) in [5, 5.41) is 71.3. The van der Waals surface area contributed by atoms with Crippen LogP contribution in [0.2, 0.25) is 0 Å². The number of phenols is 2. The van der Waals surface area contributed by atoms with Gasteiger partial charge >= 0.3 is 0 Å². The van der Waals surface area contributed by atoms with E-state index in [0.717, 1.165) is 0 Å². The zero-order valence-electron chi connectivity index (χ0n) is 37.3. The molecule has 0 saturated carbocycles. The maximum atomic E-state index is 14.1. The molecule has 0 aromatic heterocycles. The molecule has 0 radical (unpaired) electrons. The molecule has 6 aromatic carbocycles. The highest BCUT2D eigenvalue weighted by Gasteiger charge is 2.38. The molecule has 0 heterocycles. The molecule has 0 fully saturated rings. The van der Waals surface area contributed by atoms with Gasteiger partial charge in [-0.15, -0.1) is 0 Å². The van der Waals surface area contributed by atoms with Crippen LogP contribution in [0, 0.1) is 25.7 Å². The predicted molar refractivity (Wildman–Crippen MR) is 261 cm³/mol. The molecule has 12 nitrogen and oxygen atoms in total. The molecule has 0 spiro atoms. The van der Waals surface area contributed by atoms with E-state index in [0.29, 0.717) is 67.5 Å². The number of carbonyl (C=O) groups is 2. The first-order chi connectivity index (χ1) is 31.7. The Morgan fingerprint density at radius 1 is 0.455 bits per heavy atom. The van der Waals surface area contributed by atoms with Crippen molar-refractivity contribution in [1.82, 2.24) is 0 Å². The standard InChI is InChI=1S/C54H48N6O6/c1-29(2)43-39-25-31(5)45(51(63)47(39)41(49(61)53(43)65)27-55-33-17-21-37(22-18-33)59-57-35-13-9-7-10-14-35)46-32(6)26-40-44(30(3)4)54(66)50(62)42(48(40)52(46)64)28-56-34-19-23-38(24-20-34)60-58-36-15-11-8-12-16-36/h7-30,55-56,63-66H,1-6H3.